The highest BCUT2D eigenvalue weighted by molar-refractivity contribution is 6.29. The zero-order valence-electron chi connectivity index (χ0n) is 12.6. The van der Waals surface area contributed by atoms with Crippen LogP contribution in [0.2, 0.25) is 0 Å². The monoisotopic (exact) mass is 332 g/mol. The van der Waals surface area contributed by atoms with Crippen LogP contribution in [0.4, 0.5) is 11.4 Å². The number of carbonyl (C=O) groups excluding carboxylic acids is 2. The maximum Gasteiger partial charge on any atom is 0.257 e. The van der Waals surface area contributed by atoms with Crippen LogP contribution in [0.1, 0.15) is 17.3 Å². The van der Waals surface area contributed by atoms with E-state index in [9.17, 15) is 9.59 Å². The van der Waals surface area contributed by atoms with E-state index in [4.69, 9.17) is 16.3 Å². The van der Waals surface area contributed by atoms with E-state index in [0.717, 1.165) is 5.75 Å². The highest BCUT2D eigenvalue weighted by atomic mass is 35.5. The number of amides is 2. The van der Waals surface area contributed by atoms with E-state index in [1.165, 1.54) is 0 Å². The van der Waals surface area contributed by atoms with Gasteiger partial charge in [0.15, 0.2) is 0 Å². The Hall–Kier alpha value is -2.53. The summed E-state index contributed by atoms with van der Waals surface area (Å²) in [5.41, 5.74) is 1.42. The Morgan fingerprint density at radius 2 is 1.74 bits per heavy atom. The predicted molar refractivity (Wildman–Crippen MR) is 91.4 cm³/mol. The van der Waals surface area contributed by atoms with Crippen molar-refractivity contribution >= 4 is 34.8 Å². The Morgan fingerprint density at radius 1 is 1.04 bits per heavy atom. The van der Waals surface area contributed by atoms with Crippen molar-refractivity contribution < 1.29 is 14.3 Å². The first-order valence-electron chi connectivity index (χ1n) is 7.13. The Morgan fingerprint density at radius 3 is 2.39 bits per heavy atom. The molecule has 2 aromatic rings. The number of para-hydroxylation sites is 1. The lowest BCUT2D eigenvalue weighted by molar-refractivity contribution is -0.113. The summed E-state index contributed by atoms with van der Waals surface area (Å²) >= 11 is 5.48. The maximum absolute atomic E-state index is 12.4. The van der Waals surface area contributed by atoms with Crippen molar-refractivity contribution in [1.29, 1.82) is 0 Å². The van der Waals surface area contributed by atoms with Crippen molar-refractivity contribution in [3.05, 3.63) is 54.1 Å². The number of hydrogen-bond donors (Lipinski definition) is 2. The first-order valence-corrected chi connectivity index (χ1v) is 7.66. The third-order valence-electron chi connectivity index (χ3n) is 2.99. The van der Waals surface area contributed by atoms with E-state index in [1.807, 2.05) is 6.92 Å². The molecule has 0 aliphatic heterocycles. The third kappa shape index (κ3) is 4.72. The quantitative estimate of drug-likeness (QED) is 0.795. The van der Waals surface area contributed by atoms with Crippen molar-refractivity contribution in [2.24, 2.45) is 0 Å². The molecule has 0 fully saturated rings. The lowest BCUT2D eigenvalue weighted by Crippen LogP contribution is -2.18. The molecular formula is C17H17ClN2O3. The summed E-state index contributed by atoms with van der Waals surface area (Å²) in [5.74, 6) is -0.123. The molecule has 0 aliphatic rings. The van der Waals surface area contributed by atoms with Crippen molar-refractivity contribution in [3.63, 3.8) is 0 Å². The minimum Gasteiger partial charge on any atom is -0.494 e. The number of anilines is 2. The number of carbonyl (C=O) groups is 2. The van der Waals surface area contributed by atoms with Crippen LogP contribution in [0.3, 0.4) is 0 Å². The predicted octanol–water partition coefficient (Wildman–Crippen LogP) is 3.51. The molecule has 0 bridgehead atoms. The fourth-order valence-electron chi connectivity index (χ4n) is 1.97. The molecule has 0 unspecified atom stereocenters. The van der Waals surface area contributed by atoms with Gasteiger partial charge in [0.1, 0.15) is 11.6 Å². The number of halogens is 1. The topological polar surface area (TPSA) is 67.4 Å². The number of nitrogens with one attached hydrogen (secondary N) is 2. The molecule has 0 saturated heterocycles. The van der Waals surface area contributed by atoms with Crippen molar-refractivity contribution in [2.75, 3.05) is 23.1 Å². The van der Waals surface area contributed by atoms with Gasteiger partial charge in [0, 0.05) is 5.69 Å². The molecule has 6 heteroatoms. The second kappa shape index (κ2) is 8.19. The summed E-state index contributed by atoms with van der Waals surface area (Å²) < 4.78 is 5.35. The standard InChI is InChI=1S/C17H17ClN2O3/c1-2-23-13-9-7-12(8-10-13)19-17(22)14-5-3-4-6-15(14)20-16(21)11-18/h3-10H,2,11H2,1H3,(H,19,22)(H,20,21). The Kier molecular flexibility index (Phi) is 6.00. The Balaban J connectivity index is 2.12. The number of benzene rings is 2. The van der Waals surface area contributed by atoms with Gasteiger partial charge in [-0.3, -0.25) is 9.59 Å². The summed E-state index contributed by atoms with van der Waals surface area (Å²) in [5, 5.41) is 5.38. The average molecular weight is 333 g/mol. The van der Waals surface area contributed by atoms with Gasteiger partial charge in [-0.2, -0.15) is 0 Å². The van der Waals surface area contributed by atoms with E-state index < -0.39 is 0 Å². The van der Waals surface area contributed by atoms with Gasteiger partial charge in [-0.15, -0.1) is 11.6 Å². The molecule has 0 aromatic heterocycles. The van der Waals surface area contributed by atoms with Gasteiger partial charge in [0.05, 0.1) is 17.9 Å². The maximum atomic E-state index is 12.4. The van der Waals surface area contributed by atoms with Gasteiger partial charge in [0.25, 0.3) is 5.91 Å². The first kappa shape index (κ1) is 16.8. The molecule has 0 saturated carbocycles. The fourth-order valence-corrected chi connectivity index (χ4v) is 2.04. The molecule has 0 spiro atoms. The summed E-state index contributed by atoms with van der Waals surface area (Å²) in [6.07, 6.45) is 0. The minimum atomic E-state index is -0.368. The van der Waals surface area contributed by atoms with Crippen molar-refractivity contribution in [2.45, 2.75) is 6.92 Å². The number of alkyl halides is 1. The molecule has 23 heavy (non-hydrogen) atoms. The zero-order chi connectivity index (χ0) is 16.7. The summed E-state index contributed by atoms with van der Waals surface area (Å²) in [6, 6.07) is 13.8. The van der Waals surface area contributed by atoms with Gasteiger partial charge in [0.2, 0.25) is 5.91 Å². The van der Waals surface area contributed by atoms with E-state index >= 15 is 0 Å². The normalized spacial score (nSPS) is 10.0. The molecule has 0 heterocycles. The third-order valence-corrected chi connectivity index (χ3v) is 3.23. The number of hydrogen-bond acceptors (Lipinski definition) is 3. The zero-order valence-corrected chi connectivity index (χ0v) is 13.4. The van der Waals surface area contributed by atoms with Gasteiger partial charge in [-0.25, -0.2) is 0 Å². The molecule has 0 aliphatic carbocycles. The molecule has 5 nitrogen and oxygen atoms in total. The van der Waals surface area contributed by atoms with E-state index in [-0.39, 0.29) is 17.7 Å². The van der Waals surface area contributed by atoms with Gasteiger partial charge in [-0.05, 0) is 43.3 Å². The average Bonchev–Trinajstić information content (AvgIpc) is 2.57. The van der Waals surface area contributed by atoms with Crippen molar-refractivity contribution in [3.8, 4) is 5.75 Å². The van der Waals surface area contributed by atoms with Crippen LogP contribution in [-0.2, 0) is 4.79 Å². The Labute approximate surface area is 139 Å². The van der Waals surface area contributed by atoms with E-state index in [2.05, 4.69) is 10.6 Å². The molecule has 2 N–H and O–H groups in total. The van der Waals surface area contributed by atoms with Gasteiger partial charge >= 0.3 is 0 Å². The largest absolute Gasteiger partial charge is 0.494 e. The first-order chi connectivity index (χ1) is 11.1. The van der Waals surface area contributed by atoms with Crippen LogP contribution in [-0.4, -0.2) is 24.3 Å². The molecule has 2 amide bonds. The number of ether oxygens (including phenoxy) is 1. The molecule has 2 aromatic carbocycles. The minimum absolute atomic E-state index is 0.172. The number of rotatable bonds is 6. The van der Waals surface area contributed by atoms with Crippen LogP contribution < -0.4 is 15.4 Å². The summed E-state index contributed by atoms with van der Waals surface area (Å²) in [4.78, 5) is 23.8. The lowest BCUT2D eigenvalue weighted by atomic mass is 10.1. The molecule has 0 radical (unpaired) electrons. The summed E-state index contributed by atoms with van der Waals surface area (Å²) in [7, 11) is 0. The molecular weight excluding hydrogens is 316 g/mol. The second-order valence-electron chi connectivity index (χ2n) is 4.64. The molecule has 2 rings (SSSR count). The van der Waals surface area contributed by atoms with Crippen LogP contribution in [0.5, 0.6) is 5.75 Å². The van der Waals surface area contributed by atoms with Gasteiger partial charge < -0.3 is 15.4 Å². The van der Waals surface area contributed by atoms with Crippen LogP contribution in [0, 0.1) is 0 Å². The smallest absolute Gasteiger partial charge is 0.257 e. The second-order valence-corrected chi connectivity index (χ2v) is 4.91. The summed E-state index contributed by atoms with van der Waals surface area (Å²) in [6.45, 7) is 2.49. The highest BCUT2D eigenvalue weighted by Gasteiger charge is 2.13. The van der Waals surface area contributed by atoms with E-state index in [1.54, 1.807) is 48.5 Å². The lowest BCUT2D eigenvalue weighted by Gasteiger charge is -2.11. The highest BCUT2D eigenvalue weighted by Crippen LogP contribution is 2.19. The van der Waals surface area contributed by atoms with Crippen LogP contribution in [0.15, 0.2) is 48.5 Å². The van der Waals surface area contributed by atoms with Crippen LogP contribution >= 0.6 is 11.6 Å². The fraction of sp³-hybridized carbons (Fsp3) is 0.176. The molecule has 120 valence electrons. The van der Waals surface area contributed by atoms with Crippen LogP contribution in [0.25, 0.3) is 0 Å². The SMILES string of the molecule is CCOc1ccc(NC(=O)c2ccccc2NC(=O)CCl)cc1. The van der Waals surface area contributed by atoms with Gasteiger partial charge in [-0.1, -0.05) is 12.1 Å². The van der Waals surface area contributed by atoms with E-state index in [0.29, 0.717) is 23.5 Å². The Bertz CT molecular complexity index is 686. The van der Waals surface area contributed by atoms with Crippen molar-refractivity contribution in [1.82, 2.24) is 0 Å². The molecule has 0 atom stereocenters.